The third-order valence-corrected chi connectivity index (χ3v) is 4.19. The van der Waals surface area contributed by atoms with Gasteiger partial charge in [-0.25, -0.2) is 0 Å². The van der Waals surface area contributed by atoms with Gasteiger partial charge in [-0.1, -0.05) is 6.42 Å². The van der Waals surface area contributed by atoms with E-state index in [-0.39, 0.29) is 19.0 Å². The van der Waals surface area contributed by atoms with Gasteiger partial charge in [0.15, 0.2) is 0 Å². The Hall–Kier alpha value is -1.43. The Morgan fingerprint density at radius 1 is 1.39 bits per heavy atom. The molecule has 0 aromatic rings. The number of rotatable bonds is 2. The van der Waals surface area contributed by atoms with Crippen LogP contribution in [0.1, 0.15) is 33.1 Å². The summed E-state index contributed by atoms with van der Waals surface area (Å²) in [5.74, 6) is -1.03. The van der Waals surface area contributed by atoms with E-state index in [9.17, 15) is 14.4 Å². The Balaban J connectivity index is 2.27. The summed E-state index contributed by atoms with van der Waals surface area (Å²) in [4.78, 5) is 37.2. The second-order valence-corrected chi connectivity index (χ2v) is 5.67. The third-order valence-electron chi connectivity index (χ3n) is 4.19. The molecule has 2 rings (SSSR count). The van der Waals surface area contributed by atoms with Crippen LogP contribution in [0.4, 0.5) is 0 Å². The van der Waals surface area contributed by atoms with Gasteiger partial charge in [0.25, 0.3) is 5.91 Å². The molecule has 0 aromatic heterocycles. The van der Waals surface area contributed by atoms with Gasteiger partial charge in [-0.2, -0.15) is 0 Å². The molecular formula is C12H19N3O3. The van der Waals surface area contributed by atoms with Gasteiger partial charge in [-0.05, 0) is 26.7 Å². The van der Waals surface area contributed by atoms with Crippen LogP contribution in [0.15, 0.2) is 0 Å². The molecule has 2 aliphatic rings. The lowest BCUT2D eigenvalue weighted by molar-refractivity contribution is -0.164. The van der Waals surface area contributed by atoms with E-state index in [1.165, 1.54) is 4.90 Å². The predicted molar refractivity (Wildman–Crippen MR) is 64.3 cm³/mol. The van der Waals surface area contributed by atoms with Crippen LogP contribution in [-0.2, 0) is 14.4 Å². The number of nitrogens with zero attached hydrogens (tertiary/aromatic N) is 1. The second-order valence-electron chi connectivity index (χ2n) is 5.67. The summed E-state index contributed by atoms with van der Waals surface area (Å²) in [6, 6.07) is 0. The lowest BCUT2D eigenvalue weighted by Crippen LogP contribution is -2.68. The molecule has 6 heteroatoms. The van der Waals surface area contributed by atoms with Crippen LogP contribution >= 0.6 is 0 Å². The van der Waals surface area contributed by atoms with Crippen molar-refractivity contribution in [2.75, 3.05) is 13.1 Å². The lowest BCUT2D eigenvalue weighted by Gasteiger charge is -2.48. The van der Waals surface area contributed by atoms with Gasteiger partial charge < -0.3 is 10.6 Å². The first kappa shape index (κ1) is 13.0. The van der Waals surface area contributed by atoms with Crippen molar-refractivity contribution in [2.24, 2.45) is 11.1 Å². The maximum atomic E-state index is 12.6. The van der Waals surface area contributed by atoms with Crippen molar-refractivity contribution in [1.29, 1.82) is 0 Å². The first-order valence-corrected chi connectivity index (χ1v) is 6.20. The molecule has 0 aromatic carbocycles. The molecule has 0 bridgehead atoms. The fraction of sp³-hybridized carbons (Fsp3) is 0.750. The van der Waals surface area contributed by atoms with Crippen molar-refractivity contribution in [3.05, 3.63) is 0 Å². The fourth-order valence-electron chi connectivity index (χ4n) is 2.50. The SMILES string of the molecule is CC1(C)C(=O)NC(=O)CN1C(=O)C1(CN)CCC1. The maximum absolute atomic E-state index is 12.6. The van der Waals surface area contributed by atoms with E-state index in [1.54, 1.807) is 13.8 Å². The number of hydrogen-bond donors (Lipinski definition) is 2. The molecule has 3 amide bonds. The van der Waals surface area contributed by atoms with Crippen LogP contribution < -0.4 is 11.1 Å². The van der Waals surface area contributed by atoms with Gasteiger partial charge >= 0.3 is 0 Å². The highest BCUT2D eigenvalue weighted by Gasteiger charge is 2.52. The molecule has 1 aliphatic carbocycles. The number of amides is 3. The Bertz CT molecular complexity index is 407. The van der Waals surface area contributed by atoms with Crippen LogP contribution in [0.2, 0.25) is 0 Å². The summed E-state index contributed by atoms with van der Waals surface area (Å²) < 4.78 is 0. The monoisotopic (exact) mass is 253 g/mol. The lowest BCUT2D eigenvalue weighted by atomic mass is 9.67. The van der Waals surface area contributed by atoms with Gasteiger partial charge in [0, 0.05) is 6.54 Å². The second kappa shape index (κ2) is 4.05. The standard InChI is InChI=1S/C12H19N3O3/c1-11(2)9(17)14-8(16)6-15(11)10(18)12(7-13)4-3-5-12/h3-7,13H2,1-2H3,(H,14,16,17). The van der Waals surface area contributed by atoms with E-state index >= 15 is 0 Å². The van der Waals surface area contributed by atoms with E-state index in [0.717, 1.165) is 19.3 Å². The summed E-state index contributed by atoms with van der Waals surface area (Å²) in [6.07, 6.45) is 2.45. The average Bonchev–Trinajstić information content (AvgIpc) is 2.23. The van der Waals surface area contributed by atoms with Crippen molar-refractivity contribution in [2.45, 2.75) is 38.6 Å². The van der Waals surface area contributed by atoms with Crippen molar-refractivity contribution < 1.29 is 14.4 Å². The van der Waals surface area contributed by atoms with Gasteiger partial charge in [-0.15, -0.1) is 0 Å². The van der Waals surface area contributed by atoms with Crippen LogP contribution in [0.3, 0.4) is 0 Å². The minimum absolute atomic E-state index is 0.0701. The molecule has 0 radical (unpaired) electrons. The molecular weight excluding hydrogens is 234 g/mol. The number of carbonyl (C=O) groups is 3. The summed E-state index contributed by atoms with van der Waals surface area (Å²) in [5.41, 5.74) is 4.14. The minimum atomic E-state index is -0.997. The molecule has 1 saturated heterocycles. The van der Waals surface area contributed by atoms with Gasteiger partial charge in [0.2, 0.25) is 11.8 Å². The largest absolute Gasteiger partial charge is 0.329 e. The maximum Gasteiger partial charge on any atom is 0.252 e. The van der Waals surface area contributed by atoms with Crippen LogP contribution in [0.5, 0.6) is 0 Å². The van der Waals surface area contributed by atoms with Crippen molar-refractivity contribution in [3.8, 4) is 0 Å². The molecule has 3 N–H and O–H groups in total. The van der Waals surface area contributed by atoms with E-state index < -0.39 is 22.8 Å². The zero-order valence-corrected chi connectivity index (χ0v) is 10.8. The highest BCUT2D eigenvalue weighted by atomic mass is 16.2. The molecule has 1 heterocycles. The molecule has 1 saturated carbocycles. The van der Waals surface area contributed by atoms with E-state index in [0.29, 0.717) is 0 Å². The van der Waals surface area contributed by atoms with E-state index in [2.05, 4.69) is 5.32 Å². The fourth-order valence-corrected chi connectivity index (χ4v) is 2.50. The van der Waals surface area contributed by atoms with Crippen LogP contribution in [-0.4, -0.2) is 41.2 Å². The summed E-state index contributed by atoms with van der Waals surface area (Å²) >= 11 is 0. The molecule has 2 fully saturated rings. The predicted octanol–water partition coefficient (Wildman–Crippen LogP) is -0.621. The molecule has 1 aliphatic heterocycles. The summed E-state index contributed by atoms with van der Waals surface area (Å²) in [7, 11) is 0. The third kappa shape index (κ3) is 1.71. The van der Waals surface area contributed by atoms with Gasteiger partial charge in [-0.3, -0.25) is 19.7 Å². The van der Waals surface area contributed by atoms with Crippen molar-refractivity contribution in [1.82, 2.24) is 10.2 Å². The van der Waals surface area contributed by atoms with E-state index in [1.807, 2.05) is 0 Å². The average molecular weight is 253 g/mol. The Morgan fingerprint density at radius 2 is 2.00 bits per heavy atom. The Morgan fingerprint density at radius 3 is 2.44 bits per heavy atom. The van der Waals surface area contributed by atoms with Crippen molar-refractivity contribution >= 4 is 17.7 Å². The van der Waals surface area contributed by atoms with E-state index in [4.69, 9.17) is 5.73 Å². The molecule has 0 atom stereocenters. The zero-order valence-electron chi connectivity index (χ0n) is 10.8. The number of carbonyl (C=O) groups excluding carboxylic acids is 3. The van der Waals surface area contributed by atoms with Gasteiger partial charge in [0.05, 0.1) is 5.41 Å². The smallest absolute Gasteiger partial charge is 0.252 e. The first-order valence-electron chi connectivity index (χ1n) is 6.20. The number of piperazine rings is 1. The molecule has 0 spiro atoms. The van der Waals surface area contributed by atoms with Crippen LogP contribution in [0.25, 0.3) is 0 Å². The number of nitrogens with one attached hydrogen (secondary N) is 1. The van der Waals surface area contributed by atoms with Crippen molar-refractivity contribution in [3.63, 3.8) is 0 Å². The highest BCUT2D eigenvalue weighted by molar-refractivity contribution is 6.06. The molecule has 0 unspecified atom stereocenters. The Labute approximate surface area is 106 Å². The van der Waals surface area contributed by atoms with Crippen LogP contribution in [0, 0.1) is 5.41 Å². The minimum Gasteiger partial charge on any atom is -0.329 e. The van der Waals surface area contributed by atoms with Gasteiger partial charge in [0.1, 0.15) is 12.1 Å². The molecule has 18 heavy (non-hydrogen) atoms. The zero-order chi connectivity index (χ0) is 13.6. The first-order chi connectivity index (χ1) is 8.33. The summed E-state index contributed by atoms with van der Waals surface area (Å²) in [5, 5.41) is 2.26. The number of imide groups is 1. The quantitative estimate of drug-likeness (QED) is 0.641. The normalized spacial score (nSPS) is 25.4. The Kier molecular flexibility index (Phi) is 2.93. The molecule has 6 nitrogen and oxygen atoms in total. The molecule has 100 valence electrons. The number of nitrogens with two attached hydrogens (primary N) is 1. The number of hydrogen-bond acceptors (Lipinski definition) is 4. The topological polar surface area (TPSA) is 92.5 Å². The summed E-state index contributed by atoms with van der Waals surface area (Å²) in [6.45, 7) is 3.50. The highest BCUT2D eigenvalue weighted by Crippen LogP contribution is 2.43.